The molecule has 20 heteroatoms. The summed E-state index contributed by atoms with van der Waals surface area (Å²) in [5.74, 6) is -7.56. The first-order valence-corrected chi connectivity index (χ1v) is 16.6. The van der Waals surface area contributed by atoms with Crippen LogP contribution in [0.3, 0.4) is 0 Å². The number of nitrogens with zero attached hydrogens (tertiary/aromatic N) is 6. The van der Waals surface area contributed by atoms with Crippen molar-refractivity contribution < 1.29 is 61.5 Å². The molecule has 17 nitrogen and oxygen atoms in total. The third-order valence-electron chi connectivity index (χ3n) is 7.53. The summed E-state index contributed by atoms with van der Waals surface area (Å²) in [4.78, 5) is 68.5. The number of rotatable bonds is 13. The second-order valence-corrected chi connectivity index (χ2v) is 12.1. The van der Waals surface area contributed by atoms with Gasteiger partial charge in [-0.2, -0.15) is 9.49 Å². The Hall–Kier alpha value is -5.76. The number of aliphatic carboxylic acids is 1. The van der Waals surface area contributed by atoms with Crippen LogP contribution >= 0.6 is 11.3 Å². The van der Waals surface area contributed by atoms with Crippen LogP contribution in [0.25, 0.3) is 10.6 Å². The zero-order valence-corrected chi connectivity index (χ0v) is 28.7. The molecule has 5 rings (SSSR count). The summed E-state index contributed by atoms with van der Waals surface area (Å²) >= 11 is 1.08. The number of halogens is 2. The summed E-state index contributed by atoms with van der Waals surface area (Å²) in [5.41, 5.74) is 0.907. The van der Waals surface area contributed by atoms with E-state index in [0.29, 0.717) is 30.0 Å². The van der Waals surface area contributed by atoms with Crippen LogP contribution in [0.4, 0.5) is 8.78 Å². The Balaban J connectivity index is 1.29. The van der Waals surface area contributed by atoms with Crippen molar-refractivity contribution in [3.63, 3.8) is 0 Å². The molecule has 2 aliphatic rings. The predicted octanol–water partition coefficient (Wildman–Crippen LogP) is 2.55. The van der Waals surface area contributed by atoms with Gasteiger partial charge in [-0.25, -0.2) is 28.6 Å². The molecule has 1 fully saturated rings. The highest BCUT2D eigenvalue weighted by molar-refractivity contribution is 7.13. The number of nitrogens with one attached hydrogen (secondary N) is 1. The molecule has 52 heavy (non-hydrogen) atoms. The first-order valence-electron chi connectivity index (χ1n) is 15.7. The predicted molar refractivity (Wildman–Crippen MR) is 174 cm³/mol. The van der Waals surface area contributed by atoms with E-state index < -0.39 is 60.5 Å². The molecule has 2 atom stereocenters. The van der Waals surface area contributed by atoms with Gasteiger partial charge in [-0.05, 0) is 31.9 Å². The zero-order chi connectivity index (χ0) is 37.5. The monoisotopic (exact) mass is 744 g/mol. The van der Waals surface area contributed by atoms with E-state index in [-0.39, 0.29) is 28.9 Å². The van der Waals surface area contributed by atoms with E-state index in [1.54, 1.807) is 4.68 Å². The number of pyridine rings is 1. The summed E-state index contributed by atoms with van der Waals surface area (Å²) in [6.45, 7) is 3.80. The lowest BCUT2D eigenvalue weighted by atomic mass is 9.95. The van der Waals surface area contributed by atoms with Crippen LogP contribution in [0.5, 0.6) is 0 Å². The number of hydrogen-bond donors (Lipinski definition) is 2. The molecular formula is C32H32F2N7O10S+. The Morgan fingerprint density at radius 1 is 1.08 bits per heavy atom. The quantitative estimate of drug-likeness (QED) is 0.112. The van der Waals surface area contributed by atoms with E-state index in [1.807, 2.05) is 6.92 Å². The Kier molecular flexibility index (Phi) is 11.9. The van der Waals surface area contributed by atoms with Crippen molar-refractivity contribution in [1.82, 2.24) is 25.1 Å². The van der Waals surface area contributed by atoms with Crippen LogP contribution in [0.15, 0.2) is 46.9 Å². The van der Waals surface area contributed by atoms with Crippen LogP contribution in [0.2, 0.25) is 0 Å². The maximum absolute atomic E-state index is 14.9. The van der Waals surface area contributed by atoms with Gasteiger partial charge in [0.1, 0.15) is 22.1 Å². The molecule has 1 aliphatic heterocycles. The molecule has 1 aliphatic carbocycles. The lowest BCUT2D eigenvalue weighted by Gasteiger charge is -2.21. The minimum Gasteiger partial charge on any atom is -0.478 e. The fourth-order valence-corrected chi connectivity index (χ4v) is 6.00. The van der Waals surface area contributed by atoms with Gasteiger partial charge in [0.2, 0.25) is 24.4 Å². The van der Waals surface area contributed by atoms with Crippen LogP contribution < -0.4 is 5.32 Å². The average molecular weight is 745 g/mol. The van der Waals surface area contributed by atoms with Gasteiger partial charge < -0.3 is 29.4 Å². The van der Waals surface area contributed by atoms with Gasteiger partial charge in [-0.15, -0.1) is 11.3 Å². The number of hydrogen-bond acceptors (Lipinski definition) is 14. The number of carboxylic acids is 1. The maximum atomic E-state index is 14.9. The maximum Gasteiger partial charge on any atom is 0.353 e. The van der Waals surface area contributed by atoms with Gasteiger partial charge in [0.15, 0.2) is 24.0 Å². The fraction of sp³-hybridized carbons (Fsp3) is 0.375. The molecule has 1 saturated carbocycles. The number of esters is 3. The Labute approximate surface area is 297 Å². The first kappa shape index (κ1) is 37.5. The summed E-state index contributed by atoms with van der Waals surface area (Å²) in [6.07, 6.45) is 2.94. The molecule has 2 N–H and O–H groups in total. The molecule has 1 amide bonds. The molecule has 0 radical (unpaired) electrons. The highest BCUT2D eigenvalue weighted by Gasteiger charge is 2.41. The Morgan fingerprint density at radius 3 is 2.46 bits per heavy atom. The second-order valence-electron chi connectivity index (χ2n) is 11.3. The summed E-state index contributed by atoms with van der Waals surface area (Å²) in [7, 11) is 0. The van der Waals surface area contributed by atoms with Crippen LogP contribution in [-0.2, 0) is 44.9 Å². The molecule has 0 spiro atoms. The van der Waals surface area contributed by atoms with Crippen molar-refractivity contribution in [2.45, 2.75) is 71.5 Å². The molecule has 274 valence electrons. The first-order chi connectivity index (χ1) is 24.8. The smallest absolute Gasteiger partial charge is 0.353 e. The van der Waals surface area contributed by atoms with Gasteiger partial charge in [-0.1, -0.05) is 4.68 Å². The van der Waals surface area contributed by atoms with Crippen LogP contribution in [-0.4, -0.2) is 95.7 Å². The minimum absolute atomic E-state index is 0.0233. The summed E-state index contributed by atoms with van der Waals surface area (Å²) < 4.78 is 51.8. The largest absolute Gasteiger partial charge is 0.478 e. The lowest BCUT2D eigenvalue weighted by molar-refractivity contribution is -0.461. The van der Waals surface area contributed by atoms with Crippen molar-refractivity contribution in [3.05, 3.63) is 65.0 Å². The van der Waals surface area contributed by atoms with E-state index >= 15 is 0 Å². The number of hydrazone groups is 1. The van der Waals surface area contributed by atoms with Gasteiger partial charge in [-0.3, -0.25) is 14.4 Å². The number of carboxylic acid groups (broad SMARTS) is 1. The molecule has 0 aromatic carbocycles. The standard InChI is InChI=1S/C32H31F2N7O10S/c1-4-48-20-7-5-19(6-8-20)41-13-22(26(39-41)25-21(33)9-10-24(34)38-25)36-29(44)23-14-52-30(37-23)18-11-35-40(12-18)15-49-32(47)28(51-17(3)43)27(31(45)46)50-16(2)42/h9-14,20,27-28H,4-8,15H2,1-3H3,(H-,36,44,45,46)/p+1/t20?,27-,28-/m1/s1. The zero-order valence-electron chi connectivity index (χ0n) is 27.9. The number of carbonyl (C=O) groups is 5. The van der Waals surface area contributed by atoms with Gasteiger partial charge in [0.05, 0.1) is 12.3 Å². The number of aromatic nitrogens is 4. The van der Waals surface area contributed by atoms with E-state index in [9.17, 15) is 37.9 Å². The molecule has 4 heterocycles. The molecular weight excluding hydrogens is 712 g/mol. The van der Waals surface area contributed by atoms with E-state index in [1.165, 1.54) is 24.0 Å². The molecule has 0 bridgehead atoms. The van der Waals surface area contributed by atoms with Crippen molar-refractivity contribution in [2.24, 2.45) is 5.10 Å². The number of carbonyl (C=O) groups excluding carboxylic acids is 4. The number of ether oxygens (including phenoxy) is 4. The topological polar surface area (TPSA) is 214 Å². The van der Waals surface area contributed by atoms with Gasteiger partial charge >= 0.3 is 23.9 Å². The Bertz CT molecular complexity index is 1980. The van der Waals surface area contributed by atoms with Crippen molar-refractivity contribution in [1.29, 1.82) is 0 Å². The van der Waals surface area contributed by atoms with Gasteiger partial charge in [0, 0.05) is 55.5 Å². The average Bonchev–Trinajstić information content (AvgIpc) is 3.87. The van der Waals surface area contributed by atoms with Crippen molar-refractivity contribution >= 4 is 52.5 Å². The SMILES string of the molecule is CCOC1CCC(=[N+]2C=C(NC(=O)c3csc(-c4cnn(COC(=O)[C@H](OC(C)=O)[C@@H](OC(C)=O)C(=O)O)c4)n3)C(c3nc(F)ccc3F)=N2)CC1. The number of thiazole rings is 1. The van der Waals surface area contributed by atoms with E-state index in [4.69, 9.17) is 14.2 Å². The normalized spacial score (nSPS) is 16.8. The summed E-state index contributed by atoms with van der Waals surface area (Å²) in [6, 6.07) is 1.80. The fourth-order valence-electron chi connectivity index (χ4n) is 5.23. The summed E-state index contributed by atoms with van der Waals surface area (Å²) in [5, 5.41) is 22.4. The Morgan fingerprint density at radius 2 is 1.79 bits per heavy atom. The third-order valence-corrected chi connectivity index (χ3v) is 8.42. The highest BCUT2D eigenvalue weighted by Crippen LogP contribution is 2.25. The third kappa shape index (κ3) is 9.12. The van der Waals surface area contributed by atoms with Gasteiger partial charge in [0.25, 0.3) is 5.91 Å². The molecule has 3 aromatic heterocycles. The van der Waals surface area contributed by atoms with Crippen molar-refractivity contribution in [2.75, 3.05) is 6.61 Å². The highest BCUT2D eigenvalue weighted by atomic mass is 32.1. The van der Waals surface area contributed by atoms with E-state index in [2.05, 4.69) is 30.2 Å². The molecule has 3 aromatic rings. The minimum atomic E-state index is -2.16. The molecule has 0 unspecified atom stereocenters. The lowest BCUT2D eigenvalue weighted by Crippen LogP contribution is -2.46. The molecule has 0 saturated heterocycles. The van der Waals surface area contributed by atoms with E-state index in [0.717, 1.165) is 60.6 Å². The number of allylic oxidation sites excluding steroid dienone is 1. The number of amides is 1. The second kappa shape index (κ2) is 16.5. The van der Waals surface area contributed by atoms with Crippen LogP contribution in [0.1, 0.15) is 62.6 Å². The van der Waals surface area contributed by atoms with Crippen LogP contribution in [0, 0.1) is 11.8 Å². The van der Waals surface area contributed by atoms with Crippen molar-refractivity contribution in [3.8, 4) is 10.6 Å².